The zero-order valence-electron chi connectivity index (χ0n) is 11.3. The molecule has 1 aromatic rings. The number of rotatable bonds is 4. The minimum absolute atomic E-state index is 0.0223. The Labute approximate surface area is 120 Å². The van der Waals surface area contributed by atoms with Crippen LogP contribution < -0.4 is 0 Å². The van der Waals surface area contributed by atoms with E-state index in [2.05, 4.69) is 0 Å². The van der Waals surface area contributed by atoms with Gasteiger partial charge in [0.15, 0.2) is 0 Å². The topological polar surface area (TPSA) is 110 Å². The normalized spacial score (nSPS) is 21.0. The number of ether oxygens (including phenoxy) is 1. The molecule has 0 aromatic heterocycles. The highest BCUT2D eigenvalue weighted by Gasteiger charge is 2.39. The molecule has 2 unspecified atom stereocenters. The minimum Gasteiger partial charge on any atom is -0.481 e. The molecule has 8 heteroatoms. The third kappa shape index (κ3) is 2.84. The summed E-state index contributed by atoms with van der Waals surface area (Å²) < 4.78 is 5.11. The van der Waals surface area contributed by atoms with Crippen LogP contribution in [0.1, 0.15) is 10.4 Å². The van der Waals surface area contributed by atoms with Crippen LogP contribution in [0.4, 0.5) is 5.69 Å². The van der Waals surface area contributed by atoms with Crippen molar-refractivity contribution in [3.63, 3.8) is 0 Å². The number of hydrogen-bond donors (Lipinski definition) is 1. The highest BCUT2D eigenvalue weighted by Crippen LogP contribution is 2.24. The van der Waals surface area contributed by atoms with Crippen LogP contribution in [0.2, 0.25) is 0 Å². The lowest BCUT2D eigenvalue weighted by Crippen LogP contribution is -2.44. The number of carboxylic acids is 1. The van der Waals surface area contributed by atoms with E-state index in [-0.39, 0.29) is 24.5 Å². The predicted octanol–water partition coefficient (Wildman–Crippen LogP) is 0.766. The predicted molar refractivity (Wildman–Crippen MR) is 70.9 cm³/mol. The van der Waals surface area contributed by atoms with Crippen LogP contribution in [0, 0.1) is 16.0 Å². The van der Waals surface area contributed by atoms with E-state index in [1.54, 1.807) is 0 Å². The van der Waals surface area contributed by atoms with E-state index in [4.69, 9.17) is 9.84 Å². The summed E-state index contributed by atoms with van der Waals surface area (Å²) in [4.78, 5) is 35.0. The van der Waals surface area contributed by atoms with Gasteiger partial charge in [-0.05, 0) is 6.07 Å². The molecular formula is C13H14N2O6. The minimum atomic E-state index is -1.06. The van der Waals surface area contributed by atoms with Crippen molar-refractivity contribution < 1.29 is 24.4 Å². The van der Waals surface area contributed by atoms with Gasteiger partial charge in [0.05, 0.1) is 24.2 Å². The molecule has 1 aromatic carbocycles. The zero-order valence-corrected chi connectivity index (χ0v) is 11.3. The number of nitro benzene ring substituents is 1. The SMILES string of the molecule is CN(C(=O)c1ccccc1[N+](=O)[O-])C1COCC1C(=O)O. The molecule has 1 fully saturated rings. The second-order valence-corrected chi connectivity index (χ2v) is 4.74. The Morgan fingerprint density at radius 2 is 2.05 bits per heavy atom. The molecule has 0 bridgehead atoms. The second-order valence-electron chi connectivity index (χ2n) is 4.74. The molecule has 0 saturated carbocycles. The van der Waals surface area contributed by atoms with Gasteiger partial charge in [-0.25, -0.2) is 0 Å². The van der Waals surface area contributed by atoms with Gasteiger partial charge in [-0.15, -0.1) is 0 Å². The van der Waals surface area contributed by atoms with Gasteiger partial charge in [0.25, 0.3) is 11.6 Å². The molecule has 1 aliphatic rings. The fraction of sp³-hybridized carbons (Fsp3) is 0.385. The summed E-state index contributed by atoms with van der Waals surface area (Å²) in [6.07, 6.45) is 0. The van der Waals surface area contributed by atoms with Gasteiger partial charge in [0.1, 0.15) is 11.5 Å². The first-order valence-electron chi connectivity index (χ1n) is 6.24. The number of carbonyl (C=O) groups excluding carboxylic acids is 1. The lowest BCUT2D eigenvalue weighted by atomic mass is 10.0. The zero-order chi connectivity index (χ0) is 15.6. The number of nitrogens with zero attached hydrogens (tertiary/aromatic N) is 2. The Kier molecular flexibility index (Phi) is 4.18. The fourth-order valence-electron chi connectivity index (χ4n) is 2.31. The van der Waals surface area contributed by atoms with Crippen molar-refractivity contribution in [3.8, 4) is 0 Å². The number of aliphatic carboxylic acids is 1. The van der Waals surface area contributed by atoms with E-state index >= 15 is 0 Å². The molecule has 2 atom stereocenters. The Bertz CT molecular complexity index is 588. The number of para-hydroxylation sites is 1. The maximum atomic E-state index is 12.4. The standard InChI is InChI=1S/C13H14N2O6/c1-14(11-7-21-6-9(11)13(17)18)12(16)8-4-2-3-5-10(8)15(19)20/h2-5,9,11H,6-7H2,1H3,(H,17,18). The maximum Gasteiger partial charge on any atom is 0.311 e. The van der Waals surface area contributed by atoms with E-state index in [1.165, 1.54) is 36.2 Å². The fourth-order valence-corrected chi connectivity index (χ4v) is 2.31. The number of amides is 1. The van der Waals surface area contributed by atoms with Crippen molar-refractivity contribution in [2.24, 2.45) is 5.92 Å². The monoisotopic (exact) mass is 294 g/mol. The summed E-state index contributed by atoms with van der Waals surface area (Å²) >= 11 is 0. The summed E-state index contributed by atoms with van der Waals surface area (Å²) in [5, 5.41) is 20.1. The van der Waals surface area contributed by atoms with Crippen molar-refractivity contribution in [2.75, 3.05) is 20.3 Å². The Morgan fingerprint density at radius 3 is 2.67 bits per heavy atom. The van der Waals surface area contributed by atoms with Gasteiger partial charge in [-0.2, -0.15) is 0 Å². The molecule has 8 nitrogen and oxygen atoms in total. The number of carboxylic acid groups (broad SMARTS) is 1. The van der Waals surface area contributed by atoms with Crippen LogP contribution in [0.3, 0.4) is 0 Å². The third-order valence-corrected chi connectivity index (χ3v) is 3.52. The van der Waals surface area contributed by atoms with Crippen molar-refractivity contribution >= 4 is 17.6 Å². The van der Waals surface area contributed by atoms with E-state index in [1.807, 2.05) is 0 Å². The molecule has 0 radical (unpaired) electrons. The average molecular weight is 294 g/mol. The molecule has 0 aliphatic carbocycles. The van der Waals surface area contributed by atoms with E-state index in [0.29, 0.717) is 0 Å². The maximum absolute atomic E-state index is 12.4. The van der Waals surface area contributed by atoms with Crippen LogP contribution in [0.25, 0.3) is 0 Å². The van der Waals surface area contributed by atoms with Gasteiger partial charge >= 0.3 is 5.97 Å². The van der Waals surface area contributed by atoms with Crippen LogP contribution in [-0.2, 0) is 9.53 Å². The van der Waals surface area contributed by atoms with Crippen LogP contribution in [0.15, 0.2) is 24.3 Å². The van der Waals surface area contributed by atoms with Gasteiger partial charge < -0.3 is 14.7 Å². The number of benzene rings is 1. The van der Waals surface area contributed by atoms with Crippen molar-refractivity contribution in [2.45, 2.75) is 6.04 Å². The van der Waals surface area contributed by atoms with Gasteiger partial charge in [0.2, 0.25) is 0 Å². The number of likely N-dealkylation sites (N-methyl/N-ethyl adjacent to an activating group) is 1. The molecule has 1 aliphatic heterocycles. The van der Waals surface area contributed by atoms with Gasteiger partial charge in [0, 0.05) is 13.1 Å². The molecule has 112 valence electrons. The Morgan fingerprint density at radius 1 is 1.38 bits per heavy atom. The molecule has 0 spiro atoms. The second kappa shape index (κ2) is 5.88. The summed E-state index contributed by atoms with van der Waals surface area (Å²) in [5.41, 5.74) is -0.374. The van der Waals surface area contributed by atoms with Gasteiger partial charge in [-0.3, -0.25) is 19.7 Å². The number of nitro groups is 1. The Balaban J connectivity index is 2.28. The molecule has 21 heavy (non-hydrogen) atoms. The lowest BCUT2D eigenvalue weighted by molar-refractivity contribution is -0.385. The van der Waals surface area contributed by atoms with Crippen LogP contribution in [0.5, 0.6) is 0 Å². The first-order chi connectivity index (χ1) is 9.93. The van der Waals surface area contributed by atoms with E-state index < -0.39 is 28.8 Å². The summed E-state index contributed by atoms with van der Waals surface area (Å²) in [6, 6.07) is 4.93. The van der Waals surface area contributed by atoms with Crippen LogP contribution in [-0.4, -0.2) is 53.1 Å². The molecule has 1 heterocycles. The summed E-state index contributed by atoms with van der Waals surface area (Å²) in [6.45, 7) is 0.119. The van der Waals surface area contributed by atoms with E-state index in [0.717, 1.165) is 0 Å². The first-order valence-corrected chi connectivity index (χ1v) is 6.24. The molecule has 1 saturated heterocycles. The van der Waals surface area contributed by atoms with E-state index in [9.17, 15) is 19.7 Å². The van der Waals surface area contributed by atoms with Crippen LogP contribution >= 0.6 is 0 Å². The van der Waals surface area contributed by atoms with Crippen molar-refractivity contribution in [1.29, 1.82) is 0 Å². The largest absolute Gasteiger partial charge is 0.481 e. The quantitative estimate of drug-likeness (QED) is 0.648. The third-order valence-electron chi connectivity index (χ3n) is 3.52. The number of carbonyl (C=O) groups is 2. The average Bonchev–Trinajstić information content (AvgIpc) is 2.95. The first kappa shape index (κ1) is 14.9. The van der Waals surface area contributed by atoms with Gasteiger partial charge in [-0.1, -0.05) is 12.1 Å². The molecular weight excluding hydrogens is 280 g/mol. The van der Waals surface area contributed by atoms with Crippen molar-refractivity contribution in [1.82, 2.24) is 4.90 Å². The number of hydrogen-bond acceptors (Lipinski definition) is 5. The summed E-state index contributed by atoms with van der Waals surface area (Å²) in [7, 11) is 1.42. The molecule has 1 N–H and O–H groups in total. The Hall–Kier alpha value is -2.48. The molecule has 1 amide bonds. The highest BCUT2D eigenvalue weighted by molar-refractivity contribution is 5.98. The lowest BCUT2D eigenvalue weighted by Gasteiger charge is -2.26. The van der Waals surface area contributed by atoms with Crippen molar-refractivity contribution in [3.05, 3.63) is 39.9 Å². The highest BCUT2D eigenvalue weighted by atomic mass is 16.6. The summed E-state index contributed by atoms with van der Waals surface area (Å²) in [5.74, 6) is -2.48. The smallest absolute Gasteiger partial charge is 0.311 e. The molecule has 2 rings (SSSR count).